The molecule has 26 heavy (non-hydrogen) atoms. The van der Waals surface area contributed by atoms with Crippen molar-refractivity contribution in [3.63, 3.8) is 0 Å². The van der Waals surface area contributed by atoms with E-state index in [-0.39, 0.29) is 11.2 Å². The summed E-state index contributed by atoms with van der Waals surface area (Å²) in [5.74, 6) is 0.126. The molecule has 0 radical (unpaired) electrons. The summed E-state index contributed by atoms with van der Waals surface area (Å²) in [6.07, 6.45) is 7.98. The Balaban J connectivity index is 1.84. The summed E-state index contributed by atoms with van der Waals surface area (Å²) >= 11 is 0. The SMILES string of the molecule is CC1(C)CC(=O)C2=C(Nc3ccccc3)C(=C3C=CN(O)C=C3)N=C2C1. The molecule has 1 aliphatic carbocycles. The van der Waals surface area contributed by atoms with Crippen LogP contribution in [0.15, 0.2) is 82.4 Å². The number of ketones is 1. The molecule has 0 spiro atoms. The van der Waals surface area contributed by atoms with Crippen LogP contribution in [0.4, 0.5) is 5.69 Å². The monoisotopic (exact) mass is 347 g/mol. The summed E-state index contributed by atoms with van der Waals surface area (Å²) in [5, 5.41) is 13.9. The second-order valence-electron chi connectivity index (χ2n) is 7.56. The smallest absolute Gasteiger partial charge is 0.167 e. The van der Waals surface area contributed by atoms with E-state index >= 15 is 0 Å². The Morgan fingerprint density at radius 3 is 2.50 bits per heavy atom. The van der Waals surface area contributed by atoms with Gasteiger partial charge in [0, 0.05) is 30.1 Å². The lowest BCUT2D eigenvalue weighted by Crippen LogP contribution is -2.31. The molecule has 0 bridgehead atoms. The second-order valence-corrected chi connectivity index (χ2v) is 7.56. The Labute approximate surface area is 152 Å². The minimum absolute atomic E-state index is 0.0858. The zero-order valence-electron chi connectivity index (χ0n) is 14.9. The molecular formula is C21H21N3O2. The van der Waals surface area contributed by atoms with Crippen molar-refractivity contribution < 1.29 is 10.0 Å². The van der Waals surface area contributed by atoms with Gasteiger partial charge >= 0.3 is 0 Å². The van der Waals surface area contributed by atoms with Gasteiger partial charge in [0.25, 0.3) is 0 Å². The first-order valence-electron chi connectivity index (χ1n) is 8.69. The number of hydroxylamine groups is 2. The molecular weight excluding hydrogens is 326 g/mol. The molecule has 1 saturated carbocycles. The minimum atomic E-state index is -0.0858. The van der Waals surface area contributed by atoms with E-state index in [9.17, 15) is 10.0 Å². The Kier molecular flexibility index (Phi) is 3.89. The van der Waals surface area contributed by atoms with E-state index in [2.05, 4.69) is 19.2 Å². The number of allylic oxidation sites excluding steroid dienone is 4. The number of nitrogens with one attached hydrogen (secondary N) is 1. The standard InChI is InChI=1S/C21H21N3O2/c1-21(2)12-16-18(17(25)13-21)20(22-15-6-4-3-5-7-15)19(23-16)14-8-10-24(26)11-9-14/h3-11,22,26H,12-13H2,1-2H3. The summed E-state index contributed by atoms with van der Waals surface area (Å²) in [6, 6.07) is 9.79. The number of rotatable bonds is 2. The molecule has 1 fully saturated rings. The van der Waals surface area contributed by atoms with E-state index in [0.717, 1.165) is 39.9 Å². The Bertz CT molecular complexity index is 902. The quantitative estimate of drug-likeness (QED) is 0.842. The lowest BCUT2D eigenvalue weighted by molar-refractivity contribution is -0.117. The summed E-state index contributed by atoms with van der Waals surface area (Å²) in [4.78, 5) is 17.7. The van der Waals surface area contributed by atoms with Gasteiger partial charge in [0.1, 0.15) is 0 Å². The van der Waals surface area contributed by atoms with Crippen molar-refractivity contribution in [2.75, 3.05) is 5.32 Å². The zero-order valence-corrected chi connectivity index (χ0v) is 14.9. The molecule has 3 aliphatic rings. The van der Waals surface area contributed by atoms with Gasteiger partial charge in [-0.15, -0.1) is 0 Å². The van der Waals surface area contributed by atoms with E-state index in [4.69, 9.17) is 4.99 Å². The van der Waals surface area contributed by atoms with Crippen molar-refractivity contribution in [1.29, 1.82) is 0 Å². The summed E-state index contributed by atoms with van der Waals surface area (Å²) in [6.45, 7) is 4.20. The normalized spacial score (nSPS) is 21.3. The lowest BCUT2D eigenvalue weighted by atomic mass is 9.73. The fourth-order valence-corrected chi connectivity index (χ4v) is 3.55. The highest BCUT2D eigenvalue weighted by Crippen LogP contribution is 2.41. The number of Topliss-reactive ketones (excluding diaryl/α,β-unsaturated/α-hetero) is 1. The number of fused-ring (bicyclic) bond motifs is 1. The largest absolute Gasteiger partial charge is 0.353 e. The van der Waals surface area contributed by atoms with Gasteiger partial charge in [-0.1, -0.05) is 32.0 Å². The number of aliphatic imine (C=N–C) groups is 1. The number of nitrogens with zero attached hydrogens (tertiary/aromatic N) is 2. The van der Waals surface area contributed by atoms with Crippen LogP contribution in [0, 0.1) is 5.41 Å². The van der Waals surface area contributed by atoms with Crippen molar-refractivity contribution in [1.82, 2.24) is 5.06 Å². The highest BCUT2D eigenvalue weighted by Gasteiger charge is 2.40. The van der Waals surface area contributed by atoms with Crippen molar-refractivity contribution in [2.24, 2.45) is 10.4 Å². The third kappa shape index (κ3) is 3.02. The number of hydrogen-bond donors (Lipinski definition) is 2. The van der Waals surface area contributed by atoms with Gasteiger partial charge in [-0.05, 0) is 36.1 Å². The molecule has 1 aromatic carbocycles. The van der Waals surface area contributed by atoms with Crippen LogP contribution in [-0.2, 0) is 4.79 Å². The number of carbonyl (C=O) groups is 1. The average Bonchev–Trinajstić information content (AvgIpc) is 2.93. The number of benzene rings is 1. The average molecular weight is 347 g/mol. The first kappa shape index (κ1) is 16.5. The molecule has 4 rings (SSSR count). The zero-order chi connectivity index (χ0) is 18.3. The fraction of sp³-hybridized carbons (Fsp3) is 0.238. The maximum absolute atomic E-state index is 12.9. The third-order valence-electron chi connectivity index (χ3n) is 4.72. The first-order valence-corrected chi connectivity index (χ1v) is 8.69. The van der Waals surface area contributed by atoms with Crippen molar-refractivity contribution >= 4 is 17.2 Å². The molecule has 0 atom stereocenters. The topological polar surface area (TPSA) is 64.9 Å². The number of para-hydroxylation sites is 1. The molecule has 2 heterocycles. The summed E-state index contributed by atoms with van der Waals surface area (Å²) < 4.78 is 0. The van der Waals surface area contributed by atoms with Gasteiger partial charge < -0.3 is 5.32 Å². The number of hydrogen-bond acceptors (Lipinski definition) is 5. The lowest BCUT2D eigenvalue weighted by Gasteiger charge is -2.29. The highest BCUT2D eigenvalue weighted by atomic mass is 16.5. The van der Waals surface area contributed by atoms with Gasteiger partial charge in [-0.3, -0.25) is 10.0 Å². The molecule has 132 valence electrons. The van der Waals surface area contributed by atoms with Gasteiger partial charge in [-0.2, -0.15) is 0 Å². The minimum Gasteiger partial charge on any atom is -0.353 e. The molecule has 0 aromatic heterocycles. The van der Waals surface area contributed by atoms with Crippen LogP contribution in [0.2, 0.25) is 0 Å². The molecule has 1 aromatic rings. The van der Waals surface area contributed by atoms with Crippen LogP contribution >= 0.6 is 0 Å². The van der Waals surface area contributed by atoms with Crippen LogP contribution in [0.5, 0.6) is 0 Å². The van der Waals surface area contributed by atoms with Crippen LogP contribution in [0.3, 0.4) is 0 Å². The molecule has 5 heteroatoms. The van der Waals surface area contributed by atoms with Crippen LogP contribution in [0.1, 0.15) is 26.7 Å². The molecule has 5 nitrogen and oxygen atoms in total. The number of carbonyl (C=O) groups excluding carboxylic acids is 1. The Morgan fingerprint density at radius 1 is 1.12 bits per heavy atom. The second kappa shape index (κ2) is 6.11. The van der Waals surface area contributed by atoms with Crippen molar-refractivity contribution in [3.05, 3.63) is 77.4 Å². The predicted octanol–water partition coefficient (Wildman–Crippen LogP) is 4.18. The first-order chi connectivity index (χ1) is 12.4. The van der Waals surface area contributed by atoms with Crippen LogP contribution < -0.4 is 5.32 Å². The van der Waals surface area contributed by atoms with E-state index in [1.165, 1.54) is 0 Å². The van der Waals surface area contributed by atoms with Crippen molar-refractivity contribution in [2.45, 2.75) is 26.7 Å². The summed E-state index contributed by atoms with van der Waals surface area (Å²) in [7, 11) is 0. The third-order valence-corrected chi connectivity index (χ3v) is 4.72. The Morgan fingerprint density at radius 2 is 1.81 bits per heavy atom. The van der Waals surface area contributed by atoms with E-state index in [1.54, 1.807) is 24.6 Å². The molecule has 0 saturated heterocycles. The van der Waals surface area contributed by atoms with E-state index in [1.807, 2.05) is 30.3 Å². The van der Waals surface area contributed by atoms with Crippen LogP contribution in [0.25, 0.3) is 0 Å². The Hall–Kier alpha value is -2.92. The van der Waals surface area contributed by atoms with Crippen molar-refractivity contribution in [3.8, 4) is 0 Å². The maximum Gasteiger partial charge on any atom is 0.167 e. The van der Waals surface area contributed by atoms with Gasteiger partial charge in [0.2, 0.25) is 0 Å². The van der Waals surface area contributed by atoms with E-state index in [0.29, 0.717) is 12.0 Å². The molecule has 0 unspecified atom stereocenters. The van der Waals surface area contributed by atoms with E-state index < -0.39 is 0 Å². The van der Waals surface area contributed by atoms with Gasteiger partial charge in [0.05, 0.1) is 22.7 Å². The molecule has 2 N–H and O–H groups in total. The predicted molar refractivity (Wildman–Crippen MR) is 101 cm³/mol. The summed E-state index contributed by atoms with van der Waals surface area (Å²) in [5.41, 5.74) is 4.72. The van der Waals surface area contributed by atoms with Crippen LogP contribution in [-0.4, -0.2) is 21.8 Å². The maximum atomic E-state index is 12.9. The molecule has 2 aliphatic heterocycles. The molecule has 0 amide bonds. The van der Waals surface area contributed by atoms with Gasteiger partial charge in [-0.25, -0.2) is 10.1 Å². The van der Waals surface area contributed by atoms with Gasteiger partial charge in [0.15, 0.2) is 5.78 Å². The number of anilines is 1. The fourth-order valence-electron chi connectivity index (χ4n) is 3.55. The highest BCUT2D eigenvalue weighted by molar-refractivity contribution is 6.27.